The summed E-state index contributed by atoms with van der Waals surface area (Å²) in [5, 5.41) is 12.8. The van der Waals surface area contributed by atoms with Crippen LogP contribution in [-0.2, 0) is 0 Å². The van der Waals surface area contributed by atoms with Crippen LogP contribution in [0, 0.1) is 17.1 Å². The van der Waals surface area contributed by atoms with Crippen LogP contribution in [0.3, 0.4) is 0 Å². The first-order chi connectivity index (χ1) is 11.6. The highest BCUT2D eigenvalue weighted by molar-refractivity contribution is 6.22. The van der Waals surface area contributed by atoms with Gasteiger partial charge in [0.15, 0.2) is 5.78 Å². The van der Waals surface area contributed by atoms with Gasteiger partial charge in [0.25, 0.3) is 0 Å². The maximum atomic E-state index is 13.3. The average molecular weight is 316 g/mol. The molecule has 0 spiro atoms. The molecule has 0 bridgehead atoms. The second-order valence-electron chi connectivity index (χ2n) is 5.92. The summed E-state index contributed by atoms with van der Waals surface area (Å²) in [6.07, 6.45) is 0. The van der Waals surface area contributed by atoms with Crippen LogP contribution in [-0.4, -0.2) is 5.78 Å². The van der Waals surface area contributed by atoms with Gasteiger partial charge in [0.2, 0.25) is 0 Å². The topological polar surface area (TPSA) is 52.9 Å². The van der Waals surface area contributed by atoms with E-state index in [-0.39, 0.29) is 11.6 Å². The Morgan fingerprint density at radius 3 is 2.42 bits per heavy atom. The molecule has 3 nitrogen and oxygen atoms in total. The number of benzene rings is 2. The van der Waals surface area contributed by atoms with Crippen molar-refractivity contribution in [1.82, 2.24) is 5.32 Å². The zero-order valence-corrected chi connectivity index (χ0v) is 12.9. The predicted octanol–water partition coefficient (Wildman–Crippen LogP) is 3.92. The van der Waals surface area contributed by atoms with Crippen LogP contribution in [0.4, 0.5) is 4.39 Å². The molecule has 0 radical (unpaired) electrons. The third kappa shape index (κ3) is 1.92. The molecular weight excluding hydrogens is 303 g/mol. The number of carbonyl (C=O) groups excluding carboxylic acids is 1. The minimum atomic E-state index is -0.480. The van der Waals surface area contributed by atoms with Gasteiger partial charge < -0.3 is 5.32 Å². The molecule has 4 rings (SSSR count). The van der Waals surface area contributed by atoms with Gasteiger partial charge in [0, 0.05) is 22.4 Å². The molecule has 0 amide bonds. The minimum Gasteiger partial charge on any atom is -0.357 e. The number of hydrogen-bond donors (Lipinski definition) is 1. The summed E-state index contributed by atoms with van der Waals surface area (Å²) >= 11 is 0. The van der Waals surface area contributed by atoms with Crippen molar-refractivity contribution in [3.8, 4) is 6.07 Å². The zero-order valence-electron chi connectivity index (χ0n) is 12.9. The lowest BCUT2D eigenvalue weighted by molar-refractivity contribution is 0.103. The first kappa shape index (κ1) is 14.4. The Morgan fingerprint density at radius 1 is 1.08 bits per heavy atom. The number of nitrogens with zero attached hydrogens (tertiary/aromatic N) is 1. The van der Waals surface area contributed by atoms with E-state index in [4.69, 9.17) is 0 Å². The number of Topliss-reactive ketones (excluding diaryl/α,β-unsaturated/α-hetero) is 1. The minimum absolute atomic E-state index is 0.0809. The van der Waals surface area contributed by atoms with E-state index in [0.717, 1.165) is 22.5 Å². The van der Waals surface area contributed by atoms with Gasteiger partial charge >= 0.3 is 0 Å². The van der Waals surface area contributed by atoms with Crippen molar-refractivity contribution in [3.63, 3.8) is 0 Å². The molecule has 1 heterocycles. The lowest BCUT2D eigenvalue weighted by Gasteiger charge is -2.27. The van der Waals surface area contributed by atoms with E-state index in [1.807, 2.05) is 25.1 Å². The van der Waals surface area contributed by atoms with Gasteiger partial charge in [-0.15, -0.1) is 0 Å². The Bertz CT molecular complexity index is 977. The molecule has 2 aliphatic rings. The van der Waals surface area contributed by atoms with Gasteiger partial charge in [-0.2, -0.15) is 5.26 Å². The molecule has 2 aromatic carbocycles. The number of rotatable bonds is 1. The molecule has 1 aliphatic heterocycles. The van der Waals surface area contributed by atoms with E-state index >= 15 is 0 Å². The highest BCUT2D eigenvalue weighted by Crippen LogP contribution is 2.46. The molecule has 1 N–H and O–H groups in total. The molecular formula is C20H13FN2O. The number of carbonyl (C=O) groups is 1. The lowest BCUT2D eigenvalue weighted by atomic mass is 9.80. The first-order valence-electron chi connectivity index (χ1n) is 7.63. The summed E-state index contributed by atoms with van der Waals surface area (Å²) in [7, 11) is 0. The maximum absolute atomic E-state index is 13.3. The normalized spacial score (nSPS) is 18.9. The number of dihydropyridines is 1. The molecule has 24 heavy (non-hydrogen) atoms. The number of allylic oxidation sites excluding steroid dienone is 3. The van der Waals surface area contributed by atoms with Crippen molar-refractivity contribution in [1.29, 1.82) is 5.26 Å². The van der Waals surface area contributed by atoms with Crippen molar-refractivity contribution < 1.29 is 9.18 Å². The maximum Gasteiger partial charge on any atom is 0.192 e. The number of ketones is 1. The number of nitrogens with one attached hydrogen (secondary N) is 1. The molecule has 0 saturated heterocycles. The van der Waals surface area contributed by atoms with Gasteiger partial charge in [0.1, 0.15) is 5.82 Å². The van der Waals surface area contributed by atoms with Crippen molar-refractivity contribution in [2.45, 2.75) is 12.8 Å². The third-order valence-corrected chi connectivity index (χ3v) is 4.57. The van der Waals surface area contributed by atoms with E-state index in [1.165, 1.54) is 12.1 Å². The standard InChI is InChI=1S/C20H13FN2O/c1-11-16(10-22)17(12-6-8-13(21)9-7-12)18-19(23-11)14-4-2-3-5-15(14)20(18)24/h2-9,17,23H,1H3/t17-/m1/s1. The lowest BCUT2D eigenvalue weighted by Crippen LogP contribution is -2.24. The van der Waals surface area contributed by atoms with Crippen LogP contribution in [0.15, 0.2) is 65.4 Å². The highest BCUT2D eigenvalue weighted by Gasteiger charge is 2.40. The summed E-state index contributed by atoms with van der Waals surface area (Å²) in [6, 6.07) is 15.6. The second kappa shape index (κ2) is 5.17. The van der Waals surface area contributed by atoms with Gasteiger partial charge in [-0.1, -0.05) is 36.4 Å². The highest BCUT2D eigenvalue weighted by atomic mass is 19.1. The number of halogens is 1. The van der Waals surface area contributed by atoms with E-state index in [1.54, 1.807) is 18.2 Å². The van der Waals surface area contributed by atoms with Gasteiger partial charge in [-0.25, -0.2) is 4.39 Å². The smallest absolute Gasteiger partial charge is 0.192 e. The number of fused-ring (bicyclic) bond motifs is 2. The van der Waals surface area contributed by atoms with Crippen LogP contribution in [0.2, 0.25) is 0 Å². The quantitative estimate of drug-likeness (QED) is 0.867. The van der Waals surface area contributed by atoms with Crippen molar-refractivity contribution >= 4 is 11.5 Å². The summed E-state index contributed by atoms with van der Waals surface area (Å²) in [6.45, 7) is 1.82. The Hall–Kier alpha value is -3.19. The van der Waals surface area contributed by atoms with Crippen molar-refractivity contribution in [2.75, 3.05) is 0 Å². The molecule has 0 fully saturated rings. The van der Waals surface area contributed by atoms with Gasteiger partial charge in [-0.3, -0.25) is 4.79 Å². The molecule has 1 aliphatic carbocycles. The molecule has 1 atom stereocenters. The van der Waals surface area contributed by atoms with Crippen LogP contribution in [0.1, 0.15) is 34.3 Å². The van der Waals surface area contributed by atoms with E-state index in [9.17, 15) is 14.4 Å². The Balaban J connectivity index is 1.95. The van der Waals surface area contributed by atoms with Crippen molar-refractivity contribution in [3.05, 3.63) is 87.9 Å². The van der Waals surface area contributed by atoms with Crippen molar-refractivity contribution in [2.24, 2.45) is 0 Å². The average Bonchev–Trinajstić information content (AvgIpc) is 2.87. The fourth-order valence-electron chi connectivity index (χ4n) is 3.47. The molecule has 0 saturated carbocycles. The Labute approximate surface area is 138 Å². The zero-order chi connectivity index (χ0) is 16.8. The number of nitriles is 1. The largest absolute Gasteiger partial charge is 0.357 e. The van der Waals surface area contributed by atoms with E-state index in [0.29, 0.717) is 16.7 Å². The van der Waals surface area contributed by atoms with Gasteiger partial charge in [0.05, 0.1) is 23.3 Å². The third-order valence-electron chi connectivity index (χ3n) is 4.57. The predicted molar refractivity (Wildman–Crippen MR) is 88.3 cm³/mol. The van der Waals surface area contributed by atoms with Crippen LogP contribution < -0.4 is 5.32 Å². The molecule has 0 unspecified atom stereocenters. The Morgan fingerprint density at radius 2 is 1.75 bits per heavy atom. The number of hydrogen-bond acceptors (Lipinski definition) is 3. The molecule has 2 aromatic rings. The molecule has 4 heteroatoms. The van der Waals surface area contributed by atoms with Gasteiger partial charge in [-0.05, 0) is 24.6 Å². The fraction of sp³-hybridized carbons (Fsp3) is 0.100. The summed E-state index contributed by atoms with van der Waals surface area (Å²) in [5.74, 6) is -0.906. The van der Waals surface area contributed by atoms with Crippen LogP contribution in [0.5, 0.6) is 0 Å². The Kier molecular flexibility index (Phi) is 3.10. The van der Waals surface area contributed by atoms with Crippen LogP contribution in [0.25, 0.3) is 5.70 Å². The van der Waals surface area contributed by atoms with E-state index in [2.05, 4.69) is 11.4 Å². The summed E-state index contributed by atoms with van der Waals surface area (Å²) < 4.78 is 13.3. The SMILES string of the molecule is CC1=C(C#N)[C@@H](c2ccc(F)cc2)C2=C(N1)c1ccccc1C2=O. The first-order valence-corrected chi connectivity index (χ1v) is 7.63. The monoisotopic (exact) mass is 316 g/mol. The van der Waals surface area contributed by atoms with Crippen LogP contribution >= 0.6 is 0 Å². The fourth-order valence-corrected chi connectivity index (χ4v) is 3.47. The summed E-state index contributed by atoms with van der Waals surface area (Å²) in [4.78, 5) is 12.9. The second-order valence-corrected chi connectivity index (χ2v) is 5.92. The summed E-state index contributed by atoms with van der Waals surface area (Å²) in [5.41, 5.74) is 4.74. The molecule has 0 aromatic heterocycles. The van der Waals surface area contributed by atoms with E-state index < -0.39 is 5.92 Å². The molecule has 116 valence electrons.